The molecule has 2 amide bonds. The number of amides is 2. The molecule has 4 rings (SSSR count). The monoisotopic (exact) mass is 442 g/mol. The minimum atomic E-state index is -0.413. The number of aryl methyl sites for hydroxylation is 2. The fourth-order valence-electron chi connectivity index (χ4n) is 3.86. The van der Waals surface area contributed by atoms with E-state index >= 15 is 0 Å². The second-order valence-electron chi connectivity index (χ2n) is 7.77. The number of nitrogens with zero attached hydrogens (tertiary/aromatic N) is 1. The van der Waals surface area contributed by atoms with Crippen LogP contribution in [0.5, 0.6) is 11.5 Å². The molecular formula is C27H26N2O4. The molecule has 1 aliphatic rings. The smallest absolute Gasteiger partial charge is 0.282 e. The van der Waals surface area contributed by atoms with Gasteiger partial charge in [-0.3, -0.25) is 9.59 Å². The molecule has 0 unspecified atom stereocenters. The average Bonchev–Trinajstić information content (AvgIpc) is 3.06. The van der Waals surface area contributed by atoms with E-state index in [0.29, 0.717) is 40.6 Å². The van der Waals surface area contributed by atoms with Gasteiger partial charge in [-0.15, -0.1) is 0 Å². The van der Waals surface area contributed by atoms with Crippen LogP contribution in [0, 0.1) is 13.8 Å². The van der Waals surface area contributed by atoms with Crippen molar-refractivity contribution in [2.24, 2.45) is 0 Å². The number of hydrogen-bond donors (Lipinski definition) is 1. The highest BCUT2D eigenvalue weighted by Crippen LogP contribution is 2.37. The van der Waals surface area contributed by atoms with Crippen LogP contribution in [0.1, 0.15) is 23.6 Å². The van der Waals surface area contributed by atoms with E-state index in [1.54, 1.807) is 43.5 Å². The summed E-state index contributed by atoms with van der Waals surface area (Å²) in [5.74, 6) is 0.476. The van der Waals surface area contributed by atoms with Gasteiger partial charge in [-0.25, -0.2) is 4.90 Å². The van der Waals surface area contributed by atoms with Crippen molar-refractivity contribution >= 4 is 28.8 Å². The predicted molar refractivity (Wildman–Crippen MR) is 130 cm³/mol. The molecular weight excluding hydrogens is 416 g/mol. The number of rotatable bonds is 7. The third-order valence-electron chi connectivity index (χ3n) is 5.51. The van der Waals surface area contributed by atoms with E-state index in [9.17, 15) is 9.59 Å². The number of carbonyl (C=O) groups excluding carboxylic acids is 2. The zero-order valence-electron chi connectivity index (χ0n) is 19.1. The van der Waals surface area contributed by atoms with Crippen LogP contribution in [-0.4, -0.2) is 25.5 Å². The Morgan fingerprint density at radius 1 is 0.909 bits per heavy atom. The van der Waals surface area contributed by atoms with Crippen molar-refractivity contribution in [3.05, 3.63) is 89.1 Å². The number of ether oxygens (including phenoxy) is 2. The van der Waals surface area contributed by atoms with Crippen LogP contribution in [0.15, 0.2) is 72.4 Å². The van der Waals surface area contributed by atoms with Crippen LogP contribution in [-0.2, 0) is 9.59 Å². The van der Waals surface area contributed by atoms with Gasteiger partial charge in [0, 0.05) is 0 Å². The van der Waals surface area contributed by atoms with Crippen LogP contribution in [0.4, 0.5) is 11.4 Å². The summed E-state index contributed by atoms with van der Waals surface area (Å²) in [7, 11) is 1.56. The summed E-state index contributed by atoms with van der Waals surface area (Å²) in [6.45, 7) is 6.27. The van der Waals surface area contributed by atoms with E-state index in [1.165, 1.54) is 4.90 Å². The Bertz CT molecular complexity index is 1250. The molecule has 1 heterocycles. The van der Waals surface area contributed by atoms with E-state index in [0.717, 1.165) is 11.1 Å². The molecule has 0 radical (unpaired) electrons. The van der Waals surface area contributed by atoms with E-state index in [-0.39, 0.29) is 11.6 Å². The van der Waals surface area contributed by atoms with E-state index in [1.807, 2.05) is 51.1 Å². The first-order valence-corrected chi connectivity index (χ1v) is 10.8. The van der Waals surface area contributed by atoms with Gasteiger partial charge < -0.3 is 14.8 Å². The summed E-state index contributed by atoms with van der Waals surface area (Å²) in [4.78, 5) is 28.6. The minimum absolute atomic E-state index is 0.203. The summed E-state index contributed by atoms with van der Waals surface area (Å²) in [5, 5.41) is 3.17. The molecule has 33 heavy (non-hydrogen) atoms. The van der Waals surface area contributed by atoms with Crippen molar-refractivity contribution in [3.8, 4) is 11.5 Å². The summed E-state index contributed by atoms with van der Waals surface area (Å²) in [5.41, 5.74) is 4.11. The maximum absolute atomic E-state index is 13.7. The molecule has 0 spiro atoms. The molecule has 0 aliphatic carbocycles. The number of para-hydroxylation sites is 2. The maximum Gasteiger partial charge on any atom is 0.282 e. The molecule has 1 aliphatic heterocycles. The number of imide groups is 1. The normalized spacial score (nSPS) is 13.5. The van der Waals surface area contributed by atoms with Crippen LogP contribution in [0.2, 0.25) is 0 Å². The Balaban J connectivity index is 1.84. The fourth-order valence-corrected chi connectivity index (χ4v) is 3.86. The summed E-state index contributed by atoms with van der Waals surface area (Å²) < 4.78 is 11.0. The molecule has 0 fully saturated rings. The Hall–Kier alpha value is -4.06. The SMILES string of the molecule is CCOc1ccc(C2=C(Nc3ccccc3OC)C(=O)N(c3cc(C)ccc3C)C2=O)cc1. The first-order valence-electron chi connectivity index (χ1n) is 10.8. The van der Waals surface area contributed by atoms with Crippen molar-refractivity contribution < 1.29 is 19.1 Å². The molecule has 168 valence electrons. The molecule has 1 N–H and O–H groups in total. The van der Waals surface area contributed by atoms with Crippen LogP contribution < -0.4 is 19.7 Å². The lowest BCUT2D eigenvalue weighted by Crippen LogP contribution is -2.33. The number of carbonyl (C=O) groups is 2. The molecule has 3 aromatic rings. The first-order chi connectivity index (χ1) is 15.9. The maximum atomic E-state index is 13.7. The van der Waals surface area contributed by atoms with Gasteiger partial charge in [-0.1, -0.05) is 36.4 Å². The molecule has 0 saturated carbocycles. The first kappa shape index (κ1) is 22.1. The zero-order valence-corrected chi connectivity index (χ0v) is 19.1. The largest absolute Gasteiger partial charge is 0.495 e. The summed E-state index contributed by atoms with van der Waals surface area (Å²) in [6.07, 6.45) is 0. The van der Waals surface area contributed by atoms with E-state index < -0.39 is 5.91 Å². The van der Waals surface area contributed by atoms with Crippen LogP contribution >= 0.6 is 0 Å². The lowest BCUT2D eigenvalue weighted by Gasteiger charge is -2.18. The molecule has 0 aromatic heterocycles. The third kappa shape index (κ3) is 4.20. The van der Waals surface area contributed by atoms with Crippen LogP contribution in [0.25, 0.3) is 5.57 Å². The summed E-state index contributed by atoms with van der Waals surface area (Å²) in [6, 6.07) is 20.2. The highest BCUT2D eigenvalue weighted by atomic mass is 16.5. The molecule has 0 saturated heterocycles. The van der Waals surface area contributed by atoms with Crippen LogP contribution in [0.3, 0.4) is 0 Å². The molecule has 0 atom stereocenters. The topological polar surface area (TPSA) is 67.9 Å². The number of nitrogens with one attached hydrogen (secondary N) is 1. The lowest BCUT2D eigenvalue weighted by molar-refractivity contribution is -0.120. The van der Waals surface area contributed by atoms with Crippen molar-refractivity contribution in [2.45, 2.75) is 20.8 Å². The number of benzene rings is 3. The van der Waals surface area contributed by atoms with Crippen molar-refractivity contribution in [3.63, 3.8) is 0 Å². The quantitative estimate of drug-likeness (QED) is 0.515. The Morgan fingerprint density at radius 3 is 2.33 bits per heavy atom. The van der Waals surface area contributed by atoms with Gasteiger partial charge in [0.25, 0.3) is 11.8 Å². The molecule has 6 heteroatoms. The average molecular weight is 443 g/mol. The Labute approximate surface area is 193 Å². The number of hydrogen-bond acceptors (Lipinski definition) is 5. The fraction of sp³-hybridized carbons (Fsp3) is 0.185. The molecule has 6 nitrogen and oxygen atoms in total. The van der Waals surface area contributed by atoms with Gasteiger partial charge in [-0.05, 0) is 67.8 Å². The van der Waals surface area contributed by atoms with Crippen molar-refractivity contribution in [1.82, 2.24) is 0 Å². The Morgan fingerprint density at radius 2 is 1.64 bits per heavy atom. The number of methoxy groups -OCH3 is 1. The highest BCUT2D eigenvalue weighted by molar-refractivity contribution is 6.46. The van der Waals surface area contributed by atoms with Gasteiger partial charge in [0.05, 0.1) is 30.7 Å². The zero-order chi connectivity index (χ0) is 23.5. The van der Waals surface area contributed by atoms with Gasteiger partial charge >= 0.3 is 0 Å². The van der Waals surface area contributed by atoms with Crippen molar-refractivity contribution in [2.75, 3.05) is 23.9 Å². The van der Waals surface area contributed by atoms with Gasteiger partial charge in [0.1, 0.15) is 17.2 Å². The van der Waals surface area contributed by atoms with E-state index in [2.05, 4.69) is 5.32 Å². The van der Waals surface area contributed by atoms with Gasteiger partial charge in [0.15, 0.2) is 0 Å². The second-order valence-corrected chi connectivity index (χ2v) is 7.77. The minimum Gasteiger partial charge on any atom is -0.495 e. The van der Waals surface area contributed by atoms with Gasteiger partial charge in [0.2, 0.25) is 0 Å². The third-order valence-corrected chi connectivity index (χ3v) is 5.51. The van der Waals surface area contributed by atoms with Gasteiger partial charge in [-0.2, -0.15) is 0 Å². The summed E-state index contributed by atoms with van der Waals surface area (Å²) >= 11 is 0. The molecule has 0 bridgehead atoms. The second kappa shape index (κ2) is 9.20. The Kier molecular flexibility index (Phi) is 6.18. The highest BCUT2D eigenvalue weighted by Gasteiger charge is 2.41. The lowest BCUT2D eigenvalue weighted by atomic mass is 10.0. The number of anilines is 2. The predicted octanol–water partition coefficient (Wildman–Crippen LogP) is 5.11. The standard InChI is InChI=1S/C27H26N2O4/c1-5-33-20-14-12-19(13-15-20)24-25(28-21-8-6-7-9-23(21)32-4)27(31)29(26(24)30)22-16-17(2)10-11-18(22)3/h6-16,28H,5H2,1-4H3. The van der Waals surface area contributed by atoms with Crippen molar-refractivity contribution in [1.29, 1.82) is 0 Å². The van der Waals surface area contributed by atoms with E-state index in [4.69, 9.17) is 9.47 Å². The molecule has 3 aromatic carbocycles.